The molecule has 2 aliphatic rings. The van der Waals surface area contributed by atoms with E-state index in [0.29, 0.717) is 23.8 Å². The van der Waals surface area contributed by atoms with Gasteiger partial charge in [-0.1, -0.05) is 30.3 Å². The molecule has 0 N–H and O–H groups in total. The molecule has 0 fully saturated rings. The summed E-state index contributed by atoms with van der Waals surface area (Å²) >= 11 is 0. The van der Waals surface area contributed by atoms with Gasteiger partial charge in [-0.15, -0.1) is 5.10 Å². The van der Waals surface area contributed by atoms with E-state index in [9.17, 15) is 4.79 Å². The van der Waals surface area contributed by atoms with Crippen molar-refractivity contribution in [1.82, 2.24) is 24.6 Å². The van der Waals surface area contributed by atoms with Gasteiger partial charge in [-0.05, 0) is 24.1 Å². The second kappa shape index (κ2) is 6.59. The summed E-state index contributed by atoms with van der Waals surface area (Å²) in [5.74, 6) is 1.67. The summed E-state index contributed by atoms with van der Waals surface area (Å²) in [6.07, 6.45) is 7.11. The first-order valence-corrected chi connectivity index (χ1v) is 9.94. The van der Waals surface area contributed by atoms with Crippen molar-refractivity contribution < 1.29 is 9.53 Å². The maximum absolute atomic E-state index is 13.0. The molecule has 146 valence electrons. The fourth-order valence-electron chi connectivity index (χ4n) is 4.32. The molecule has 6 rings (SSSR count). The first-order valence-electron chi connectivity index (χ1n) is 9.94. The van der Waals surface area contributed by atoms with Gasteiger partial charge in [-0.2, -0.15) is 0 Å². The average molecular weight is 395 g/mol. The molecule has 4 aromatic rings. The van der Waals surface area contributed by atoms with Crippen molar-refractivity contribution >= 4 is 11.4 Å². The van der Waals surface area contributed by atoms with Gasteiger partial charge in [0.25, 0.3) is 0 Å². The molecule has 0 unspecified atom stereocenters. The minimum atomic E-state index is -0.275. The van der Waals surface area contributed by atoms with Crippen LogP contribution in [0.5, 0.6) is 5.88 Å². The zero-order valence-corrected chi connectivity index (χ0v) is 16.0. The molecule has 0 saturated carbocycles. The van der Waals surface area contributed by atoms with E-state index in [1.54, 1.807) is 23.2 Å². The van der Waals surface area contributed by atoms with Gasteiger partial charge in [0.1, 0.15) is 12.1 Å². The Bertz CT molecular complexity index is 1310. The standard InChI is InChI=1S/C23H17N5O2/c29-16-7-4-8-17-19(16)18(14-5-2-1-3-6-14)20-22-26-21(15-9-11-24-12-10-15)27-28(22)13-25-23(20)30-17/h1-3,5-6,9-13,18H,4,7-8H2/t18-/m0/s1. The van der Waals surface area contributed by atoms with Crippen molar-refractivity contribution in [3.05, 3.63) is 83.6 Å². The highest BCUT2D eigenvalue weighted by molar-refractivity contribution is 6.00. The van der Waals surface area contributed by atoms with Gasteiger partial charge >= 0.3 is 0 Å². The quantitative estimate of drug-likeness (QED) is 0.515. The van der Waals surface area contributed by atoms with Gasteiger partial charge in [0.05, 0.1) is 5.56 Å². The van der Waals surface area contributed by atoms with Crippen molar-refractivity contribution in [1.29, 1.82) is 0 Å². The van der Waals surface area contributed by atoms with Crippen molar-refractivity contribution in [2.75, 3.05) is 0 Å². The number of allylic oxidation sites excluding steroid dienone is 2. The van der Waals surface area contributed by atoms with Gasteiger partial charge < -0.3 is 4.74 Å². The number of carbonyl (C=O) groups is 1. The molecule has 30 heavy (non-hydrogen) atoms. The van der Waals surface area contributed by atoms with E-state index in [2.05, 4.69) is 15.1 Å². The molecule has 0 radical (unpaired) electrons. The van der Waals surface area contributed by atoms with Crippen LogP contribution in [0.15, 0.2) is 72.5 Å². The van der Waals surface area contributed by atoms with Crippen LogP contribution in [0.3, 0.4) is 0 Å². The third-order valence-electron chi connectivity index (χ3n) is 5.66. The molecule has 0 bridgehead atoms. The second-order valence-electron chi connectivity index (χ2n) is 7.46. The highest BCUT2D eigenvalue weighted by Gasteiger charge is 2.39. The predicted octanol–water partition coefficient (Wildman–Crippen LogP) is 3.72. The van der Waals surface area contributed by atoms with Gasteiger partial charge in [0, 0.05) is 42.3 Å². The number of carbonyl (C=O) groups excluding carboxylic acids is 1. The Morgan fingerprint density at radius 2 is 1.87 bits per heavy atom. The number of aromatic nitrogens is 5. The highest BCUT2D eigenvalue weighted by Crippen LogP contribution is 2.47. The average Bonchev–Trinajstić information content (AvgIpc) is 3.24. The van der Waals surface area contributed by atoms with Crippen LogP contribution in [0.4, 0.5) is 0 Å². The van der Waals surface area contributed by atoms with Crippen LogP contribution >= 0.6 is 0 Å². The fraction of sp³-hybridized carbons (Fsp3) is 0.174. The molecule has 1 aliphatic heterocycles. The van der Waals surface area contributed by atoms with E-state index in [4.69, 9.17) is 9.72 Å². The Labute approximate surface area is 172 Å². The smallest absolute Gasteiger partial charge is 0.228 e. The number of ketones is 1. The molecule has 3 aromatic heterocycles. The van der Waals surface area contributed by atoms with Crippen molar-refractivity contribution in [2.45, 2.75) is 25.2 Å². The van der Waals surface area contributed by atoms with Gasteiger partial charge in [-0.25, -0.2) is 14.5 Å². The predicted molar refractivity (Wildman–Crippen MR) is 109 cm³/mol. The van der Waals surface area contributed by atoms with Crippen molar-refractivity contribution in [2.24, 2.45) is 0 Å². The van der Waals surface area contributed by atoms with Crippen molar-refractivity contribution in [3.63, 3.8) is 0 Å². The van der Waals surface area contributed by atoms with E-state index in [0.717, 1.165) is 40.9 Å². The van der Waals surface area contributed by atoms with E-state index in [1.165, 1.54) is 0 Å². The van der Waals surface area contributed by atoms with Crippen LogP contribution < -0.4 is 4.74 Å². The summed E-state index contributed by atoms with van der Waals surface area (Å²) in [5, 5.41) is 4.60. The number of pyridine rings is 1. The van der Waals surface area contributed by atoms with Crippen molar-refractivity contribution in [3.8, 4) is 17.3 Å². The summed E-state index contributed by atoms with van der Waals surface area (Å²) in [6.45, 7) is 0. The lowest BCUT2D eigenvalue weighted by molar-refractivity contribution is -0.116. The monoisotopic (exact) mass is 395 g/mol. The van der Waals surface area contributed by atoms with Crippen LogP contribution in [0.2, 0.25) is 0 Å². The molecule has 7 nitrogen and oxygen atoms in total. The molecular formula is C23H17N5O2. The normalized spacial score (nSPS) is 18.1. The van der Waals surface area contributed by atoms with E-state index >= 15 is 0 Å². The van der Waals surface area contributed by atoms with Crippen LogP contribution in [-0.2, 0) is 4.79 Å². The first kappa shape index (κ1) is 17.0. The van der Waals surface area contributed by atoms with Gasteiger partial charge in [0.15, 0.2) is 17.3 Å². The van der Waals surface area contributed by atoms with E-state index < -0.39 is 0 Å². The number of hydrogen-bond donors (Lipinski definition) is 0. The van der Waals surface area contributed by atoms with E-state index in [1.807, 2.05) is 42.5 Å². The molecule has 4 heterocycles. The number of hydrogen-bond acceptors (Lipinski definition) is 6. The first-order chi connectivity index (χ1) is 14.8. The van der Waals surface area contributed by atoms with E-state index in [-0.39, 0.29) is 11.7 Å². The lowest BCUT2D eigenvalue weighted by Gasteiger charge is -2.31. The number of fused-ring (bicyclic) bond motifs is 3. The summed E-state index contributed by atoms with van der Waals surface area (Å²) in [5.41, 5.74) is 4.04. The Morgan fingerprint density at radius 3 is 2.70 bits per heavy atom. The summed E-state index contributed by atoms with van der Waals surface area (Å²) in [6, 6.07) is 13.7. The molecule has 7 heteroatoms. The Hall–Kier alpha value is -3.87. The Kier molecular flexibility index (Phi) is 3.74. The summed E-state index contributed by atoms with van der Waals surface area (Å²) < 4.78 is 7.80. The minimum absolute atomic E-state index is 0.131. The maximum Gasteiger partial charge on any atom is 0.228 e. The van der Waals surface area contributed by atoms with Gasteiger partial charge in [0.2, 0.25) is 5.88 Å². The SMILES string of the molecule is O=C1CCCC2=C1[C@H](c1ccccc1)c1c(ncn3nc(-c4ccncc4)nc13)O2. The topological polar surface area (TPSA) is 82.3 Å². The van der Waals surface area contributed by atoms with Crippen LogP contribution in [0.25, 0.3) is 17.0 Å². The molecule has 0 amide bonds. The molecule has 1 aromatic carbocycles. The molecule has 1 aliphatic carbocycles. The largest absolute Gasteiger partial charge is 0.442 e. The van der Waals surface area contributed by atoms with Gasteiger partial charge in [-0.3, -0.25) is 9.78 Å². The zero-order valence-electron chi connectivity index (χ0n) is 16.0. The zero-order chi connectivity index (χ0) is 20.1. The number of rotatable bonds is 2. The molecule has 1 atom stereocenters. The minimum Gasteiger partial charge on any atom is -0.442 e. The van der Waals surface area contributed by atoms with Crippen LogP contribution in [0.1, 0.15) is 36.3 Å². The van der Waals surface area contributed by atoms with Crippen LogP contribution in [0, 0.1) is 0 Å². The lowest BCUT2D eigenvalue weighted by atomic mass is 9.78. The lowest BCUT2D eigenvalue weighted by Crippen LogP contribution is -2.26. The number of nitrogens with zero attached hydrogens (tertiary/aromatic N) is 5. The summed E-state index contributed by atoms with van der Waals surface area (Å²) in [4.78, 5) is 26.4. The maximum atomic E-state index is 13.0. The number of benzene rings is 1. The number of Topliss-reactive ketones (excluding diaryl/α,β-unsaturated/α-hetero) is 1. The molecular weight excluding hydrogens is 378 g/mol. The second-order valence-corrected chi connectivity index (χ2v) is 7.46. The summed E-state index contributed by atoms with van der Waals surface area (Å²) in [7, 11) is 0. The third-order valence-corrected chi connectivity index (χ3v) is 5.66. The third kappa shape index (κ3) is 2.55. The van der Waals surface area contributed by atoms with Crippen LogP contribution in [-0.4, -0.2) is 30.3 Å². The molecule has 0 saturated heterocycles. The Balaban J connectivity index is 1.62. The number of ether oxygens (including phenoxy) is 1. The Morgan fingerprint density at radius 1 is 1.03 bits per heavy atom. The highest BCUT2D eigenvalue weighted by atomic mass is 16.5. The fourth-order valence-corrected chi connectivity index (χ4v) is 4.32. The molecule has 0 spiro atoms.